The van der Waals surface area contributed by atoms with Crippen LogP contribution in [0.15, 0.2) is 21.1 Å². The number of carbonyl (C=O) groups is 1. The Morgan fingerprint density at radius 1 is 1.58 bits per heavy atom. The van der Waals surface area contributed by atoms with E-state index >= 15 is 0 Å². The van der Waals surface area contributed by atoms with Crippen molar-refractivity contribution in [3.05, 3.63) is 32.7 Å². The first-order chi connectivity index (χ1) is 15.6. The zero-order chi connectivity index (χ0) is 24.4. The zero-order valence-electron chi connectivity index (χ0n) is 17.0. The summed E-state index contributed by atoms with van der Waals surface area (Å²) in [7, 11) is 0. The molecule has 2 rings (SSSR count). The van der Waals surface area contributed by atoms with Crippen molar-refractivity contribution in [2.75, 3.05) is 25.2 Å². The molecular weight excluding hydrogens is 455 g/mol. The number of carbonyl (C=O) groups excluding carboxylic acids is 1. The third-order valence-electron chi connectivity index (χ3n) is 3.98. The number of azide groups is 1. The average Bonchev–Trinajstić information content (AvgIpc) is 3.13. The highest BCUT2D eigenvalue weighted by Crippen LogP contribution is 2.30. The Kier molecular flexibility index (Phi) is 9.18. The maximum atomic E-state index is 12.5. The van der Waals surface area contributed by atoms with E-state index in [2.05, 4.69) is 41.9 Å². The van der Waals surface area contributed by atoms with Crippen molar-refractivity contribution < 1.29 is 37.3 Å². The van der Waals surface area contributed by atoms with Gasteiger partial charge in [0.1, 0.15) is 25.6 Å². The van der Waals surface area contributed by atoms with E-state index in [-0.39, 0.29) is 37.5 Å². The summed E-state index contributed by atoms with van der Waals surface area (Å²) >= 11 is 0. The van der Waals surface area contributed by atoms with Gasteiger partial charge >= 0.3 is 12.1 Å². The van der Waals surface area contributed by atoms with E-state index < -0.39 is 43.0 Å². The van der Waals surface area contributed by atoms with Crippen LogP contribution in [0.25, 0.3) is 10.4 Å². The molecule has 0 aromatic carbocycles. The monoisotopic (exact) mass is 473 g/mol. The van der Waals surface area contributed by atoms with E-state index in [0.717, 1.165) is 4.57 Å². The highest BCUT2D eigenvalue weighted by molar-refractivity contribution is 5.88. The minimum absolute atomic E-state index is 0.0549. The highest BCUT2D eigenvalue weighted by atomic mass is 19.4. The summed E-state index contributed by atoms with van der Waals surface area (Å²) in [6, 6.07) is 0. The number of aliphatic imine (C=N–C) groups is 1. The molecule has 3 unspecified atom stereocenters. The molecule has 1 fully saturated rings. The Bertz CT molecular complexity index is 1040. The summed E-state index contributed by atoms with van der Waals surface area (Å²) in [5.41, 5.74) is 7.59. The van der Waals surface area contributed by atoms with Gasteiger partial charge in [-0.1, -0.05) is 17.0 Å². The predicted molar refractivity (Wildman–Crippen MR) is 105 cm³/mol. The second-order valence-corrected chi connectivity index (χ2v) is 6.30. The Morgan fingerprint density at radius 3 is 2.97 bits per heavy atom. The molecule has 2 heterocycles. The fourth-order valence-electron chi connectivity index (χ4n) is 2.71. The van der Waals surface area contributed by atoms with Crippen LogP contribution in [0.1, 0.15) is 25.1 Å². The molecule has 1 amide bonds. The Hall–Kier alpha value is -3.64. The van der Waals surface area contributed by atoms with Crippen molar-refractivity contribution in [3.63, 3.8) is 0 Å². The maximum Gasteiger partial charge on any atom is 0.573 e. The van der Waals surface area contributed by atoms with E-state index in [4.69, 9.17) is 15.0 Å². The smallest absolute Gasteiger partial charge is 0.395 e. The molecule has 1 aromatic rings. The Labute approximate surface area is 183 Å². The first-order valence-electron chi connectivity index (χ1n) is 9.16. The fourth-order valence-corrected chi connectivity index (χ4v) is 2.71. The molecule has 3 atom stereocenters. The third kappa shape index (κ3) is 8.09. The van der Waals surface area contributed by atoms with Crippen LogP contribution in [0.3, 0.4) is 0 Å². The normalized spacial score (nSPS) is 20.1. The zero-order valence-corrected chi connectivity index (χ0v) is 17.0. The van der Waals surface area contributed by atoms with Crippen LogP contribution < -0.4 is 11.0 Å². The van der Waals surface area contributed by atoms with E-state index in [1.54, 1.807) is 0 Å². The number of alkyl halides is 3. The van der Waals surface area contributed by atoms with Gasteiger partial charge in [-0.2, -0.15) is 4.98 Å². The number of nitrogens with zero attached hydrogens (tertiary/aromatic N) is 6. The van der Waals surface area contributed by atoms with Crippen LogP contribution >= 0.6 is 0 Å². The van der Waals surface area contributed by atoms with Gasteiger partial charge in [0.25, 0.3) is 0 Å². The van der Waals surface area contributed by atoms with Crippen molar-refractivity contribution in [1.29, 1.82) is 0 Å². The van der Waals surface area contributed by atoms with E-state index in [9.17, 15) is 27.9 Å². The van der Waals surface area contributed by atoms with Gasteiger partial charge < -0.3 is 24.6 Å². The standard InChI is InChI=1S/C17H18F3N7O6/c1-10(29)24-15-11(3-2-4-22-8-32-17(18,19)20)6-27(16(30)25-15)14-5-12(13(7-28)33-14)31-9-23-26-21/h6,8,12-14,28H,4-5,7,9H2,1H3,(H,24,25,29,30). The van der Waals surface area contributed by atoms with Crippen LogP contribution in [-0.4, -0.2) is 65.4 Å². The largest absolute Gasteiger partial charge is 0.573 e. The van der Waals surface area contributed by atoms with Crippen molar-refractivity contribution in [3.8, 4) is 11.8 Å². The fraction of sp³-hybridized carbons (Fsp3) is 0.529. The number of hydrogen-bond acceptors (Lipinski definition) is 9. The Morgan fingerprint density at radius 2 is 2.33 bits per heavy atom. The van der Waals surface area contributed by atoms with E-state index in [1.807, 2.05) is 0 Å². The summed E-state index contributed by atoms with van der Waals surface area (Å²) in [5, 5.41) is 15.1. The van der Waals surface area contributed by atoms with Crippen molar-refractivity contribution in [1.82, 2.24) is 9.55 Å². The van der Waals surface area contributed by atoms with Crippen LogP contribution in [0.4, 0.5) is 19.0 Å². The molecule has 0 radical (unpaired) electrons. The van der Waals surface area contributed by atoms with Gasteiger partial charge in [0, 0.05) is 24.5 Å². The first kappa shape index (κ1) is 25.6. The van der Waals surface area contributed by atoms with Gasteiger partial charge in [-0.15, -0.1) is 13.2 Å². The average molecular weight is 473 g/mol. The molecule has 0 spiro atoms. The number of amides is 1. The van der Waals surface area contributed by atoms with Gasteiger partial charge in [-0.05, 0) is 5.53 Å². The molecule has 1 aromatic heterocycles. The first-order valence-corrected chi connectivity index (χ1v) is 9.16. The summed E-state index contributed by atoms with van der Waals surface area (Å²) in [5.74, 6) is 4.30. The molecule has 1 aliphatic heterocycles. The lowest BCUT2D eigenvalue weighted by molar-refractivity contribution is -0.280. The number of halogens is 3. The highest BCUT2D eigenvalue weighted by Gasteiger charge is 2.37. The Balaban J connectivity index is 2.26. The second kappa shape index (κ2) is 11.8. The molecule has 0 bridgehead atoms. The van der Waals surface area contributed by atoms with Crippen molar-refractivity contribution in [2.45, 2.75) is 38.1 Å². The van der Waals surface area contributed by atoms with Gasteiger partial charge in [-0.3, -0.25) is 9.36 Å². The summed E-state index contributed by atoms with van der Waals surface area (Å²) in [4.78, 5) is 33.6. The third-order valence-corrected chi connectivity index (χ3v) is 3.98. The number of anilines is 1. The van der Waals surface area contributed by atoms with Crippen LogP contribution in [0.2, 0.25) is 0 Å². The number of aliphatic hydroxyl groups excluding tert-OH is 1. The number of aliphatic hydroxyl groups is 1. The van der Waals surface area contributed by atoms with Gasteiger partial charge in [0.05, 0.1) is 18.3 Å². The number of aromatic nitrogens is 2. The summed E-state index contributed by atoms with van der Waals surface area (Å²) < 4.78 is 51.1. The van der Waals surface area contributed by atoms with E-state index in [0.29, 0.717) is 0 Å². The number of nitrogens with one attached hydrogen (secondary N) is 1. The molecule has 16 heteroatoms. The van der Waals surface area contributed by atoms with Crippen molar-refractivity contribution >= 4 is 18.1 Å². The molecule has 13 nitrogen and oxygen atoms in total. The SMILES string of the molecule is CC(=O)Nc1nc(=O)n(C2CC(OCN=[N+]=[N-])C(CO)O2)cc1C#CCN=COC(F)(F)F. The molecule has 2 N–H and O–H groups in total. The lowest BCUT2D eigenvalue weighted by atomic mass is 10.2. The predicted octanol–water partition coefficient (Wildman–Crippen LogP) is 1.05. The lowest BCUT2D eigenvalue weighted by Gasteiger charge is -2.16. The topological polar surface area (TPSA) is 173 Å². The van der Waals surface area contributed by atoms with E-state index in [1.165, 1.54) is 13.1 Å². The minimum atomic E-state index is -4.87. The minimum Gasteiger partial charge on any atom is -0.395 e. The number of ether oxygens (including phenoxy) is 3. The molecule has 0 saturated carbocycles. The molecule has 1 saturated heterocycles. The summed E-state index contributed by atoms with van der Waals surface area (Å²) in [6.07, 6.45) is -5.78. The van der Waals surface area contributed by atoms with Crippen LogP contribution in [-0.2, 0) is 19.0 Å². The maximum absolute atomic E-state index is 12.5. The second-order valence-electron chi connectivity index (χ2n) is 6.30. The molecule has 33 heavy (non-hydrogen) atoms. The van der Waals surface area contributed by atoms with Gasteiger partial charge in [0.15, 0.2) is 12.2 Å². The van der Waals surface area contributed by atoms with Crippen molar-refractivity contribution in [2.24, 2.45) is 10.1 Å². The molecule has 0 aliphatic carbocycles. The quantitative estimate of drug-likeness (QED) is 0.142. The number of rotatable bonds is 8. The molecule has 1 aliphatic rings. The van der Waals surface area contributed by atoms with Crippen LogP contribution in [0, 0.1) is 11.8 Å². The van der Waals surface area contributed by atoms with Gasteiger partial charge in [0.2, 0.25) is 5.91 Å². The lowest BCUT2D eigenvalue weighted by Crippen LogP contribution is -2.29. The molecule has 178 valence electrons. The van der Waals surface area contributed by atoms with Gasteiger partial charge in [-0.25, -0.2) is 9.79 Å². The van der Waals surface area contributed by atoms with Crippen LogP contribution in [0.5, 0.6) is 0 Å². The number of hydrogen-bond donors (Lipinski definition) is 2. The summed E-state index contributed by atoms with van der Waals surface area (Å²) in [6.45, 7) is 0.0588. The molecular formula is C17H18F3N7O6.